The summed E-state index contributed by atoms with van der Waals surface area (Å²) in [6.07, 6.45) is 2.62. The molecule has 0 aromatic heterocycles. The molecule has 0 spiro atoms. The predicted molar refractivity (Wildman–Crippen MR) is 55.9 cm³/mol. The normalized spacial score (nSPS) is 8.43. The van der Waals surface area contributed by atoms with Gasteiger partial charge in [0.25, 0.3) is 0 Å². The first-order valence-corrected chi connectivity index (χ1v) is 4.47. The van der Waals surface area contributed by atoms with E-state index in [9.17, 15) is 0 Å². The number of hydrogen-bond donors (Lipinski definition) is 1. The fourth-order valence-electron chi connectivity index (χ4n) is 0.497. The molecule has 0 atom stereocenters. The third kappa shape index (κ3) is 22.5. The van der Waals surface area contributed by atoms with Crippen LogP contribution in [0.3, 0.4) is 0 Å². The van der Waals surface area contributed by atoms with Crippen molar-refractivity contribution in [2.24, 2.45) is 0 Å². The summed E-state index contributed by atoms with van der Waals surface area (Å²) < 4.78 is 14.2. The van der Waals surface area contributed by atoms with Crippen LogP contribution in [0.15, 0.2) is 25.7 Å². The smallest absolute Gasteiger partial charge is 0.0829 e. The Morgan fingerprint density at radius 2 is 1.64 bits per heavy atom. The van der Waals surface area contributed by atoms with Crippen LogP contribution in [-0.4, -0.2) is 38.1 Å². The zero-order chi connectivity index (χ0) is 11.1. The SMILES string of the molecule is C=COC=C.CCOCCOCCO. The molecule has 0 heterocycles. The van der Waals surface area contributed by atoms with E-state index in [1.165, 1.54) is 12.5 Å². The van der Waals surface area contributed by atoms with E-state index in [-0.39, 0.29) is 6.61 Å². The molecule has 0 aliphatic heterocycles. The third-order valence-electron chi connectivity index (χ3n) is 1.00. The van der Waals surface area contributed by atoms with E-state index in [1.807, 2.05) is 6.92 Å². The number of hydrogen-bond acceptors (Lipinski definition) is 4. The van der Waals surface area contributed by atoms with Gasteiger partial charge in [-0.3, -0.25) is 0 Å². The van der Waals surface area contributed by atoms with Crippen molar-refractivity contribution in [1.82, 2.24) is 0 Å². The van der Waals surface area contributed by atoms with Crippen molar-refractivity contribution in [3.8, 4) is 0 Å². The third-order valence-corrected chi connectivity index (χ3v) is 1.00. The van der Waals surface area contributed by atoms with Crippen molar-refractivity contribution in [2.75, 3.05) is 33.0 Å². The summed E-state index contributed by atoms with van der Waals surface area (Å²) in [5, 5.41) is 8.26. The molecule has 0 aromatic carbocycles. The second-order valence-corrected chi connectivity index (χ2v) is 2.00. The summed E-state index contributed by atoms with van der Waals surface area (Å²) in [7, 11) is 0. The predicted octanol–water partition coefficient (Wildman–Crippen LogP) is 1.32. The first-order valence-electron chi connectivity index (χ1n) is 4.47. The van der Waals surface area contributed by atoms with Crippen LogP contribution in [-0.2, 0) is 14.2 Å². The highest BCUT2D eigenvalue weighted by molar-refractivity contribution is 4.57. The second kappa shape index (κ2) is 18.0. The van der Waals surface area contributed by atoms with E-state index >= 15 is 0 Å². The van der Waals surface area contributed by atoms with Crippen molar-refractivity contribution < 1.29 is 19.3 Å². The van der Waals surface area contributed by atoms with Gasteiger partial charge in [-0.15, -0.1) is 0 Å². The molecule has 1 N–H and O–H groups in total. The van der Waals surface area contributed by atoms with Gasteiger partial charge in [0.1, 0.15) is 0 Å². The highest BCUT2D eigenvalue weighted by Gasteiger charge is 1.84. The number of aliphatic hydroxyl groups excluding tert-OH is 1. The van der Waals surface area contributed by atoms with Gasteiger partial charge in [-0.1, -0.05) is 13.2 Å². The summed E-state index contributed by atoms with van der Waals surface area (Å²) in [5.74, 6) is 0. The molecule has 0 amide bonds. The molecular formula is C10H20O4. The minimum absolute atomic E-state index is 0.0894. The number of ether oxygens (including phenoxy) is 3. The average molecular weight is 204 g/mol. The fraction of sp³-hybridized carbons (Fsp3) is 0.600. The van der Waals surface area contributed by atoms with Gasteiger partial charge in [0.15, 0.2) is 0 Å². The molecule has 0 aromatic rings. The van der Waals surface area contributed by atoms with Crippen LogP contribution in [0.25, 0.3) is 0 Å². The van der Waals surface area contributed by atoms with Crippen LogP contribution < -0.4 is 0 Å². The lowest BCUT2D eigenvalue weighted by Crippen LogP contribution is -2.06. The van der Waals surface area contributed by atoms with Gasteiger partial charge in [-0.25, -0.2) is 0 Å². The summed E-state index contributed by atoms with van der Waals surface area (Å²) in [6, 6.07) is 0. The van der Waals surface area contributed by atoms with Gasteiger partial charge in [0.2, 0.25) is 0 Å². The summed E-state index contributed by atoms with van der Waals surface area (Å²) >= 11 is 0. The first kappa shape index (κ1) is 15.6. The Morgan fingerprint density at radius 3 is 2.00 bits per heavy atom. The van der Waals surface area contributed by atoms with Crippen LogP contribution >= 0.6 is 0 Å². The summed E-state index contributed by atoms with van der Waals surface area (Å²) in [6.45, 7) is 10.9. The lowest BCUT2D eigenvalue weighted by Gasteiger charge is -2.00. The summed E-state index contributed by atoms with van der Waals surface area (Å²) in [4.78, 5) is 0. The topological polar surface area (TPSA) is 47.9 Å². The van der Waals surface area contributed by atoms with Crippen molar-refractivity contribution in [3.05, 3.63) is 25.7 Å². The zero-order valence-corrected chi connectivity index (χ0v) is 8.78. The number of aliphatic hydroxyl groups is 1. The zero-order valence-electron chi connectivity index (χ0n) is 8.78. The largest absolute Gasteiger partial charge is 0.474 e. The molecule has 14 heavy (non-hydrogen) atoms. The van der Waals surface area contributed by atoms with Crippen LogP contribution in [0.2, 0.25) is 0 Å². The standard InChI is InChI=1S/C6H14O3.C4H6O/c1-2-8-5-6-9-4-3-7;1-3-5-4-2/h7H,2-6H2,1H3;3-4H,1-2H2. The Hall–Kier alpha value is -0.840. The molecule has 0 radical (unpaired) electrons. The van der Waals surface area contributed by atoms with E-state index < -0.39 is 0 Å². The molecular weight excluding hydrogens is 184 g/mol. The van der Waals surface area contributed by atoms with Gasteiger partial charge in [0.05, 0.1) is 39.0 Å². The van der Waals surface area contributed by atoms with Crippen molar-refractivity contribution in [3.63, 3.8) is 0 Å². The maximum atomic E-state index is 8.26. The van der Waals surface area contributed by atoms with Crippen LogP contribution in [0.5, 0.6) is 0 Å². The lowest BCUT2D eigenvalue weighted by molar-refractivity contribution is 0.0370. The van der Waals surface area contributed by atoms with Gasteiger partial charge in [0, 0.05) is 6.61 Å². The van der Waals surface area contributed by atoms with Gasteiger partial charge < -0.3 is 19.3 Å². The van der Waals surface area contributed by atoms with Crippen molar-refractivity contribution in [1.29, 1.82) is 0 Å². The van der Waals surface area contributed by atoms with Gasteiger partial charge in [-0.05, 0) is 6.92 Å². The maximum Gasteiger partial charge on any atom is 0.0829 e. The molecule has 0 bridgehead atoms. The van der Waals surface area contributed by atoms with Crippen LogP contribution in [0.1, 0.15) is 6.92 Å². The minimum atomic E-state index is 0.0894. The Bertz CT molecular complexity index is 103. The van der Waals surface area contributed by atoms with E-state index in [1.54, 1.807) is 0 Å². The molecule has 4 nitrogen and oxygen atoms in total. The Balaban J connectivity index is 0. The summed E-state index contributed by atoms with van der Waals surface area (Å²) in [5.41, 5.74) is 0. The van der Waals surface area contributed by atoms with Crippen LogP contribution in [0.4, 0.5) is 0 Å². The maximum absolute atomic E-state index is 8.26. The quantitative estimate of drug-likeness (QED) is 0.478. The molecule has 0 aliphatic carbocycles. The Kier molecular flexibility index (Phi) is 20.1. The molecule has 0 fully saturated rings. The first-order chi connectivity index (χ1) is 6.83. The highest BCUT2D eigenvalue weighted by Crippen LogP contribution is 1.76. The monoisotopic (exact) mass is 204 g/mol. The number of rotatable bonds is 8. The second-order valence-electron chi connectivity index (χ2n) is 2.00. The molecule has 0 unspecified atom stereocenters. The molecule has 0 aliphatic rings. The van der Waals surface area contributed by atoms with Gasteiger partial charge >= 0.3 is 0 Å². The Labute approximate surface area is 85.8 Å². The fourth-order valence-corrected chi connectivity index (χ4v) is 0.497. The average Bonchev–Trinajstić information content (AvgIpc) is 2.20. The highest BCUT2D eigenvalue weighted by atomic mass is 16.5. The van der Waals surface area contributed by atoms with E-state index in [2.05, 4.69) is 17.9 Å². The van der Waals surface area contributed by atoms with E-state index in [4.69, 9.17) is 14.6 Å². The van der Waals surface area contributed by atoms with E-state index in [0.29, 0.717) is 19.8 Å². The van der Waals surface area contributed by atoms with Crippen LogP contribution in [0, 0.1) is 0 Å². The lowest BCUT2D eigenvalue weighted by atomic mass is 10.7. The molecule has 0 saturated heterocycles. The molecule has 0 saturated carbocycles. The van der Waals surface area contributed by atoms with Crippen molar-refractivity contribution >= 4 is 0 Å². The molecule has 4 heteroatoms. The minimum Gasteiger partial charge on any atom is -0.474 e. The molecule has 0 rings (SSSR count). The Morgan fingerprint density at radius 1 is 1.07 bits per heavy atom. The van der Waals surface area contributed by atoms with Gasteiger partial charge in [-0.2, -0.15) is 0 Å². The van der Waals surface area contributed by atoms with E-state index in [0.717, 1.165) is 6.61 Å². The van der Waals surface area contributed by atoms with Crippen molar-refractivity contribution in [2.45, 2.75) is 6.92 Å². The molecule has 84 valence electrons.